The smallest absolute Gasteiger partial charge is 0.211 e. The summed E-state index contributed by atoms with van der Waals surface area (Å²) in [5.41, 5.74) is 10.9. The zero-order valence-corrected chi connectivity index (χ0v) is 9.83. The average molecular weight is 247 g/mol. The highest BCUT2D eigenvalue weighted by Crippen LogP contribution is 2.23. The van der Waals surface area contributed by atoms with Crippen LogP contribution in [0.25, 0.3) is 0 Å². The molecule has 0 radical (unpaired) electrons. The van der Waals surface area contributed by atoms with Crippen molar-refractivity contribution >= 4 is 12.2 Å². The van der Waals surface area contributed by atoms with E-state index in [1.165, 1.54) is 13.3 Å². The summed E-state index contributed by atoms with van der Waals surface area (Å²) < 4.78 is 10.3. The molecule has 0 bridgehead atoms. The second kappa shape index (κ2) is 6.75. The Hall–Kier alpha value is -2.75. The highest BCUT2D eigenvalue weighted by molar-refractivity contribution is 5.85. The number of nitriles is 1. The van der Waals surface area contributed by atoms with E-state index in [4.69, 9.17) is 26.2 Å². The highest BCUT2D eigenvalue weighted by Gasteiger charge is 2.04. The summed E-state index contributed by atoms with van der Waals surface area (Å²) >= 11 is 0. The van der Waals surface area contributed by atoms with Gasteiger partial charge in [-0.1, -0.05) is 0 Å². The topological polar surface area (TPSA) is 119 Å². The van der Waals surface area contributed by atoms with E-state index in [-0.39, 0.29) is 12.6 Å². The monoisotopic (exact) mass is 247 g/mol. The molecule has 1 rings (SSSR count). The first-order valence-corrected chi connectivity index (χ1v) is 4.97. The lowest BCUT2D eigenvalue weighted by Gasteiger charge is -2.07. The fourth-order valence-corrected chi connectivity index (χ4v) is 1.14. The predicted molar refractivity (Wildman–Crippen MR) is 67.5 cm³/mol. The van der Waals surface area contributed by atoms with E-state index in [0.29, 0.717) is 17.1 Å². The van der Waals surface area contributed by atoms with Gasteiger partial charge in [-0.05, 0) is 12.1 Å². The van der Waals surface area contributed by atoms with Gasteiger partial charge in [0.25, 0.3) is 0 Å². The maximum absolute atomic E-state index is 8.50. The van der Waals surface area contributed by atoms with Crippen molar-refractivity contribution in [1.29, 1.82) is 5.26 Å². The Bertz CT molecular complexity index is 501. The summed E-state index contributed by atoms with van der Waals surface area (Å²) in [6, 6.07) is 6.98. The zero-order valence-electron chi connectivity index (χ0n) is 9.83. The number of hydrogen-bond donors (Lipinski definition) is 2. The van der Waals surface area contributed by atoms with Crippen LogP contribution in [-0.2, 0) is 0 Å². The Morgan fingerprint density at radius 1 is 1.50 bits per heavy atom. The molecular formula is C11H13N5O2. The molecule has 0 amide bonds. The van der Waals surface area contributed by atoms with Gasteiger partial charge in [0.2, 0.25) is 5.96 Å². The molecule has 0 atom stereocenters. The van der Waals surface area contributed by atoms with E-state index in [2.05, 4.69) is 10.2 Å². The second-order valence-electron chi connectivity index (χ2n) is 3.12. The molecule has 0 saturated carbocycles. The third kappa shape index (κ3) is 4.02. The molecule has 94 valence electrons. The molecule has 7 heteroatoms. The summed E-state index contributed by atoms with van der Waals surface area (Å²) in [7, 11) is 1.54. The third-order valence-electron chi connectivity index (χ3n) is 1.88. The van der Waals surface area contributed by atoms with Gasteiger partial charge in [-0.15, -0.1) is 5.10 Å². The van der Waals surface area contributed by atoms with Crippen LogP contribution in [0.4, 0.5) is 0 Å². The third-order valence-corrected chi connectivity index (χ3v) is 1.88. The molecule has 0 aliphatic rings. The van der Waals surface area contributed by atoms with Crippen molar-refractivity contribution in [2.45, 2.75) is 0 Å². The van der Waals surface area contributed by atoms with Crippen molar-refractivity contribution in [2.75, 3.05) is 13.7 Å². The van der Waals surface area contributed by atoms with Crippen LogP contribution < -0.4 is 20.9 Å². The quantitative estimate of drug-likeness (QED) is 0.437. The maximum atomic E-state index is 8.50. The first-order chi connectivity index (χ1) is 8.67. The van der Waals surface area contributed by atoms with E-state index >= 15 is 0 Å². The number of ether oxygens (including phenoxy) is 2. The van der Waals surface area contributed by atoms with Crippen molar-refractivity contribution in [3.8, 4) is 17.6 Å². The van der Waals surface area contributed by atoms with E-state index in [1.54, 1.807) is 18.2 Å². The minimum Gasteiger partial charge on any atom is -0.497 e. The van der Waals surface area contributed by atoms with Gasteiger partial charge in [-0.3, -0.25) is 0 Å². The summed E-state index contributed by atoms with van der Waals surface area (Å²) in [5.74, 6) is 0.937. The molecule has 0 saturated heterocycles. The Kier molecular flexibility index (Phi) is 4.99. The molecule has 18 heavy (non-hydrogen) atoms. The molecule has 0 aliphatic heterocycles. The van der Waals surface area contributed by atoms with Crippen LogP contribution in [0.15, 0.2) is 28.4 Å². The van der Waals surface area contributed by atoms with Gasteiger partial charge in [-0.25, -0.2) is 0 Å². The largest absolute Gasteiger partial charge is 0.497 e. The second-order valence-corrected chi connectivity index (χ2v) is 3.12. The molecule has 0 spiro atoms. The Morgan fingerprint density at radius 3 is 2.89 bits per heavy atom. The molecule has 4 N–H and O–H groups in total. The zero-order chi connectivity index (χ0) is 13.4. The number of nitrogens with zero attached hydrogens (tertiary/aromatic N) is 3. The Morgan fingerprint density at radius 2 is 2.28 bits per heavy atom. The van der Waals surface area contributed by atoms with Crippen molar-refractivity contribution in [3.63, 3.8) is 0 Å². The van der Waals surface area contributed by atoms with Gasteiger partial charge in [0.05, 0.1) is 13.3 Å². The predicted octanol–water partition coefficient (Wildman–Crippen LogP) is 0.205. The number of benzene rings is 1. The SMILES string of the molecule is COc1ccc(C=NN=C(N)N)c(OCC#N)c1. The standard InChI is InChI=1S/C11H13N5O2/c1-17-9-3-2-8(7-15-16-11(13)14)10(6-9)18-5-4-12/h2-3,6-7H,5H2,1H3,(H4,13,14,16). The fraction of sp³-hybridized carbons (Fsp3) is 0.182. The van der Waals surface area contributed by atoms with Gasteiger partial charge >= 0.3 is 0 Å². The average Bonchev–Trinajstić information content (AvgIpc) is 2.36. The molecule has 1 aromatic carbocycles. The molecule has 0 heterocycles. The number of guanidine groups is 1. The minimum absolute atomic E-state index is 0.0731. The van der Waals surface area contributed by atoms with Crippen molar-refractivity contribution in [1.82, 2.24) is 0 Å². The van der Waals surface area contributed by atoms with Gasteiger partial charge in [0.15, 0.2) is 6.61 Å². The van der Waals surface area contributed by atoms with E-state index in [1.807, 2.05) is 6.07 Å². The van der Waals surface area contributed by atoms with Crippen LogP contribution in [0, 0.1) is 11.3 Å². The van der Waals surface area contributed by atoms with Crippen molar-refractivity contribution < 1.29 is 9.47 Å². The number of nitrogens with two attached hydrogens (primary N) is 2. The van der Waals surface area contributed by atoms with Crippen LogP contribution in [0.5, 0.6) is 11.5 Å². The minimum atomic E-state index is -0.140. The lowest BCUT2D eigenvalue weighted by atomic mass is 10.2. The van der Waals surface area contributed by atoms with Crippen LogP contribution in [0.2, 0.25) is 0 Å². The Balaban J connectivity index is 2.98. The van der Waals surface area contributed by atoms with Crippen LogP contribution >= 0.6 is 0 Å². The molecule has 7 nitrogen and oxygen atoms in total. The van der Waals surface area contributed by atoms with Gasteiger partial charge in [0, 0.05) is 11.6 Å². The number of methoxy groups -OCH3 is 1. The summed E-state index contributed by atoms with van der Waals surface area (Å²) in [5, 5.41) is 15.6. The summed E-state index contributed by atoms with van der Waals surface area (Å²) in [6.07, 6.45) is 1.42. The summed E-state index contributed by atoms with van der Waals surface area (Å²) in [4.78, 5) is 0. The molecule has 0 unspecified atom stereocenters. The van der Waals surface area contributed by atoms with E-state index in [0.717, 1.165) is 0 Å². The van der Waals surface area contributed by atoms with E-state index in [9.17, 15) is 0 Å². The van der Waals surface area contributed by atoms with Crippen molar-refractivity contribution in [2.24, 2.45) is 21.7 Å². The highest BCUT2D eigenvalue weighted by atomic mass is 16.5. The van der Waals surface area contributed by atoms with Gasteiger partial charge < -0.3 is 20.9 Å². The van der Waals surface area contributed by atoms with Crippen molar-refractivity contribution in [3.05, 3.63) is 23.8 Å². The maximum Gasteiger partial charge on any atom is 0.211 e. The molecule has 0 aromatic heterocycles. The fourth-order valence-electron chi connectivity index (χ4n) is 1.14. The Labute approximate surface area is 104 Å². The number of rotatable bonds is 5. The molecule has 0 fully saturated rings. The molecule has 0 aliphatic carbocycles. The normalized spacial score (nSPS) is 9.78. The molecular weight excluding hydrogens is 234 g/mol. The first kappa shape index (κ1) is 13.3. The lowest BCUT2D eigenvalue weighted by Crippen LogP contribution is -2.21. The van der Waals surface area contributed by atoms with Gasteiger partial charge in [-0.2, -0.15) is 10.4 Å². The van der Waals surface area contributed by atoms with Crippen LogP contribution in [-0.4, -0.2) is 25.9 Å². The van der Waals surface area contributed by atoms with Gasteiger partial charge in [0.1, 0.15) is 17.6 Å². The first-order valence-electron chi connectivity index (χ1n) is 4.97. The van der Waals surface area contributed by atoms with Crippen LogP contribution in [0.1, 0.15) is 5.56 Å². The molecule has 1 aromatic rings. The summed E-state index contributed by atoms with van der Waals surface area (Å²) in [6.45, 7) is -0.0731. The number of hydrogen-bond acceptors (Lipinski definition) is 5. The van der Waals surface area contributed by atoms with Crippen LogP contribution in [0.3, 0.4) is 0 Å². The van der Waals surface area contributed by atoms with E-state index < -0.39 is 0 Å². The lowest BCUT2D eigenvalue weighted by molar-refractivity contribution is 0.361.